The molecule has 7 nitrogen and oxygen atoms in total. The predicted octanol–water partition coefficient (Wildman–Crippen LogP) is 3.09. The number of anilines is 1. The van der Waals surface area contributed by atoms with Gasteiger partial charge in [0.25, 0.3) is 0 Å². The standard InChI is InChI=1S/C19H20N6O/c26-19(25-12-4-7-17(25)16-8-10-20-11-9-16)21-18-14-24(23-22-18)13-15-5-2-1-3-6-15/h1-3,5-6,8-11,14,17H,4,7,12-13H2,(H,21,26)/t17-/m1/s1. The third kappa shape index (κ3) is 3.56. The molecule has 3 aromatic rings. The fourth-order valence-corrected chi connectivity index (χ4v) is 3.33. The number of hydrogen-bond donors (Lipinski definition) is 1. The van der Waals surface area contributed by atoms with Crippen LogP contribution in [0.1, 0.15) is 30.0 Å². The van der Waals surface area contributed by atoms with Crippen molar-refractivity contribution in [1.29, 1.82) is 0 Å². The number of likely N-dealkylation sites (tertiary alicyclic amines) is 1. The van der Waals surface area contributed by atoms with Gasteiger partial charge in [0.15, 0.2) is 5.82 Å². The van der Waals surface area contributed by atoms with E-state index in [2.05, 4.69) is 20.6 Å². The third-order valence-corrected chi connectivity index (χ3v) is 4.57. The van der Waals surface area contributed by atoms with Crippen LogP contribution in [0.3, 0.4) is 0 Å². The molecule has 1 N–H and O–H groups in total. The maximum atomic E-state index is 12.7. The highest BCUT2D eigenvalue weighted by Gasteiger charge is 2.30. The second kappa shape index (κ2) is 7.35. The lowest BCUT2D eigenvalue weighted by Gasteiger charge is -2.24. The third-order valence-electron chi connectivity index (χ3n) is 4.57. The Morgan fingerprint density at radius 1 is 1.15 bits per heavy atom. The van der Waals surface area contributed by atoms with Crippen molar-refractivity contribution < 1.29 is 4.79 Å². The minimum atomic E-state index is -0.143. The van der Waals surface area contributed by atoms with Gasteiger partial charge in [-0.2, -0.15) is 0 Å². The molecule has 3 heterocycles. The Morgan fingerprint density at radius 3 is 2.77 bits per heavy atom. The second-order valence-electron chi connectivity index (χ2n) is 6.35. The molecule has 2 amide bonds. The van der Waals surface area contributed by atoms with Gasteiger partial charge in [0.1, 0.15) is 0 Å². The molecule has 1 aromatic carbocycles. The van der Waals surface area contributed by atoms with Crippen LogP contribution in [0.15, 0.2) is 61.1 Å². The maximum Gasteiger partial charge on any atom is 0.323 e. The molecule has 132 valence electrons. The molecule has 0 unspecified atom stereocenters. The summed E-state index contributed by atoms with van der Waals surface area (Å²) < 4.78 is 1.72. The summed E-state index contributed by atoms with van der Waals surface area (Å²) in [6.07, 6.45) is 7.22. The number of urea groups is 1. The lowest BCUT2D eigenvalue weighted by Crippen LogP contribution is -2.34. The summed E-state index contributed by atoms with van der Waals surface area (Å²) in [5, 5.41) is 11.0. The Hall–Kier alpha value is -3.22. The largest absolute Gasteiger partial charge is 0.323 e. The van der Waals surface area contributed by atoms with E-state index in [1.807, 2.05) is 47.4 Å². The molecule has 0 aliphatic carbocycles. The van der Waals surface area contributed by atoms with Gasteiger partial charge in [0, 0.05) is 18.9 Å². The molecule has 0 radical (unpaired) electrons. The van der Waals surface area contributed by atoms with Gasteiger partial charge >= 0.3 is 6.03 Å². The van der Waals surface area contributed by atoms with Gasteiger partial charge in [0.2, 0.25) is 0 Å². The first-order chi connectivity index (χ1) is 12.8. The van der Waals surface area contributed by atoms with Crippen LogP contribution in [0, 0.1) is 0 Å². The average molecular weight is 348 g/mol. The smallest absolute Gasteiger partial charge is 0.317 e. The van der Waals surface area contributed by atoms with E-state index in [0.717, 1.165) is 30.5 Å². The summed E-state index contributed by atoms with van der Waals surface area (Å²) in [7, 11) is 0. The Balaban J connectivity index is 1.42. The molecule has 1 fully saturated rings. The number of rotatable bonds is 4. The van der Waals surface area contributed by atoms with E-state index in [1.54, 1.807) is 23.3 Å². The summed E-state index contributed by atoms with van der Waals surface area (Å²) >= 11 is 0. The molecule has 0 saturated carbocycles. The topological polar surface area (TPSA) is 75.9 Å². The quantitative estimate of drug-likeness (QED) is 0.786. The van der Waals surface area contributed by atoms with Crippen molar-refractivity contribution in [3.8, 4) is 0 Å². The number of pyridine rings is 1. The average Bonchev–Trinajstić information content (AvgIpc) is 3.33. The first-order valence-electron chi connectivity index (χ1n) is 8.71. The molecule has 0 spiro atoms. The summed E-state index contributed by atoms with van der Waals surface area (Å²) in [6.45, 7) is 1.35. The summed E-state index contributed by atoms with van der Waals surface area (Å²) in [4.78, 5) is 18.6. The maximum absolute atomic E-state index is 12.7. The zero-order valence-corrected chi connectivity index (χ0v) is 14.3. The number of nitrogens with one attached hydrogen (secondary N) is 1. The van der Waals surface area contributed by atoms with E-state index >= 15 is 0 Å². The highest BCUT2D eigenvalue weighted by Crippen LogP contribution is 2.31. The van der Waals surface area contributed by atoms with Crippen LogP contribution < -0.4 is 5.32 Å². The van der Waals surface area contributed by atoms with Crippen LogP contribution in [0.25, 0.3) is 0 Å². The van der Waals surface area contributed by atoms with Crippen LogP contribution in [0.5, 0.6) is 0 Å². The molecule has 4 rings (SSSR count). The summed E-state index contributed by atoms with van der Waals surface area (Å²) in [5.74, 6) is 0.464. The molecule has 1 saturated heterocycles. The second-order valence-corrected chi connectivity index (χ2v) is 6.35. The van der Waals surface area contributed by atoms with Gasteiger partial charge < -0.3 is 4.90 Å². The Bertz CT molecular complexity index is 864. The van der Waals surface area contributed by atoms with E-state index < -0.39 is 0 Å². The zero-order chi connectivity index (χ0) is 17.8. The Morgan fingerprint density at radius 2 is 1.96 bits per heavy atom. The molecule has 2 aromatic heterocycles. The van der Waals surface area contributed by atoms with Crippen molar-refractivity contribution in [3.05, 3.63) is 72.2 Å². The Labute approximate surface area is 151 Å². The lowest BCUT2D eigenvalue weighted by atomic mass is 10.1. The summed E-state index contributed by atoms with van der Waals surface area (Å²) in [6, 6.07) is 13.9. The predicted molar refractivity (Wildman–Crippen MR) is 97.5 cm³/mol. The number of carbonyl (C=O) groups is 1. The number of amides is 2. The van der Waals surface area contributed by atoms with Crippen molar-refractivity contribution in [3.63, 3.8) is 0 Å². The van der Waals surface area contributed by atoms with Gasteiger partial charge in [0.05, 0.1) is 18.8 Å². The number of benzene rings is 1. The van der Waals surface area contributed by atoms with Gasteiger partial charge in [-0.1, -0.05) is 35.5 Å². The monoisotopic (exact) mass is 348 g/mol. The molecule has 1 aliphatic rings. The van der Waals surface area contributed by atoms with Crippen molar-refractivity contribution in [2.75, 3.05) is 11.9 Å². The number of carbonyl (C=O) groups excluding carboxylic acids is 1. The van der Waals surface area contributed by atoms with Crippen LogP contribution in [-0.4, -0.2) is 37.5 Å². The van der Waals surface area contributed by atoms with Gasteiger partial charge in [-0.05, 0) is 36.1 Å². The van der Waals surface area contributed by atoms with Crippen molar-refractivity contribution in [2.24, 2.45) is 0 Å². The molecular formula is C19H20N6O. The van der Waals surface area contributed by atoms with Gasteiger partial charge in [-0.3, -0.25) is 10.3 Å². The summed E-state index contributed by atoms with van der Waals surface area (Å²) in [5.41, 5.74) is 2.24. The van der Waals surface area contributed by atoms with E-state index in [1.165, 1.54) is 0 Å². The van der Waals surface area contributed by atoms with Crippen LogP contribution in [-0.2, 0) is 6.54 Å². The van der Waals surface area contributed by atoms with Gasteiger partial charge in [-0.15, -0.1) is 5.10 Å². The highest BCUT2D eigenvalue weighted by molar-refractivity contribution is 5.88. The molecule has 1 atom stereocenters. The molecule has 1 aliphatic heterocycles. The number of hydrogen-bond acceptors (Lipinski definition) is 4. The zero-order valence-electron chi connectivity index (χ0n) is 14.3. The first kappa shape index (κ1) is 16.3. The molecule has 26 heavy (non-hydrogen) atoms. The van der Waals surface area contributed by atoms with E-state index in [0.29, 0.717) is 12.4 Å². The lowest BCUT2D eigenvalue weighted by molar-refractivity contribution is 0.207. The molecule has 0 bridgehead atoms. The highest BCUT2D eigenvalue weighted by atomic mass is 16.2. The van der Waals surface area contributed by atoms with Crippen molar-refractivity contribution in [2.45, 2.75) is 25.4 Å². The molecule has 7 heteroatoms. The first-order valence-corrected chi connectivity index (χ1v) is 8.71. The number of nitrogens with zero attached hydrogens (tertiary/aromatic N) is 5. The minimum absolute atomic E-state index is 0.0809. The molecular weight excluding hydrogens is 328 g/mol. The van der Waals surface area contributed by atoms with Crippen LogP contribution >= 0.6 is 0 Å². The van der Waals surface area contributed by atoms with Crippen LogP contribution in [0.2, 0.25) is 0 Å². The van der Waals surface area contributed by atoms with Crippen molar-refractivity contribution >= 4 is 11.8 Å². The fourth-order valence-electron chi connectivity index (χ4n) is 3.33. The van der Waals surface area contributed by atoms with Crippen molar-refractivity contribution in [1.82, 2.24) is 24.9 Å². The Kier molecular flexibility index (Phi) is 4.59. The van der Waals surface area contributed by atoms with E-state index in [4.69, 9.17) is 0 Å². The van der Waals surface area contributed by atoms with Crippen LogP contribution in [0.4, 0.5) is 10.6 Å². The van der Waals surface area contributed by atoms with E-state index in [-0.39, 0.29) is 12.1 Å². The SMILES string of the molecule is O=C(Nc1cn(Cc2ccccc2)nn1)N1CCC[C@@H]1c1ccncc1. The normalized spacial score (nSPS) is 16.6. The van der Waals surface area contributed by atoms with E-state index in [9.17, 15) is 4.79 Å². The minimum Gasteiger partial charge on any atom is -0.317 e. The fraction of sp³-hybridized carbons (Fsp3) is 0.263. The van der Waals surface area contributed by atoms with Gasteiger partial charge in [-0.25, -0.2) is 9.48 Å². The number of aromatic nitrogens is 4.